The van der Waals surface area contributed by atoms with Crippen molar-refractivity contribution < 1.29 is 18.5 Å². The maximum Gasteiger partial charge on any atom is 0.584 e. The molecule has 0 bridgehead atoms. The number of unbranched alkanes of at least 4 members (excludes halogenated alkanes) is 4. The summed E-state index contributed by atoms with van der Waals surface area (Å²) in [5, 5.41) is 0. The molecule has 0 radical (unpaired) electrons. The normalized spacial score (nSPS) is 15.0. The van der Waals surface area contributed by atoms with Crippen LogP contribution >= 0.6 is 7.82 Å². The summed E-state index contributed by atoms with van der Waals surface area (Å²) >= 11 is 0. The van der Waals surface area contributed by atoms with Crippen LogP contribution in [0.2, 0.25) is 0 Å². The largest absolute Gasteiger partial charge is 0.584 e. The Morgan fingerprint density at radius 3 is 1.58 bits per heavy atom. The van der Waals surface area contributed by atoms with Crippen molar-refractivity contribution >= 4 is 7.82 Å². The Labute approximate surface area is 187 Å². The van der Waals surface area contributed by atoms with Gasteiger partial charge in [-0.25, -0.2) is 4.57 Å². The Bertz CT molecular complexity index is 877. The summed E-state index contributed by atoms with van der Waals surface area (Å²) in [6.45, 7) is 8.31. The molecule has 0 atom stereocenters. The monoisotopic (exact) mass is 444 g/mol. The molecule has 5 heteroatoms. The van der Waals surface area contributed by atoms with Crippen LogP contribution in [0.3, 0.4) is 0 Å². The second-order valence-electron chi connectivity index (χ2n) is 8.87. The minimum Gasteiger partial charge on any atom is -0.395 e. The van der Waals surface area contributed by atoms with E-state index in [9.17, 15) is 9.46 Å². The van der Waals surface area contributed by atoms with Crippen LogP contribution in [-0.2, 0) is 30.2 Å². The molecule has 31 heavy (non-hydrogen) atoms. The van der Waals surface area contributed by atoms with Crippen LogP contribution in [0.4, 0.5) is 0 Å². The van der Waals surface area contributed by atoms with Gasteiger partial charge in [-0.2, -0.15) is 0 Å². The standard InChI is InChI=1S/C26H37O4P/c1-5-7-9-11-21-15-19(3)25-23(17-21)13-14-24-18-22(12-10-8-6-2)16-20(4)26(24)30-31(27,28)29-25/h15-18H,5-14H2,1-4H3,(H,27,28). The highest BCUT2D eigenvalue weighted by Crippen LogP contribution is 2.49. The zero-order valence-electron chi connectivity index (χ0n) is 19.5. The summed E-state index contributed by atoms with van der Waals surface area (Å²) in [4.78, 5) is 10.5. The van der Waals surface area contributed by atoms with E-state index in [1.54, 1.807) is 0 Å². The molecule has 0 unspecified atom stereocenters. The maximum atomic E-state index is 12.9. The number of fused-ring (bicyclic) bond motifs is 2. The zero-order valence-corrected chi connectivity index (χ0v) is 20.4. The third-order valence-electron chi connectivity index (χ3n) is 6.04. The predicted octanol–water partition coefficient (Wildman–Crippen LogP) is 7.43. The number of phosphoric ester groups is 1. The third-order valence-corrected chi connectivity index (χ3v) is 6.86. The first kappa shape index (κ1) is 23.9. The van der Waals surface area contributed by atoms with E-state index in [-0.39, 0.29) is 0 Å². The Kier molecular flexibility index (Phi) is 8.24. The van der Waals surface area contributed by atoms with Crippen molar-refractivity contribution in [3.05, 3.63) is 57.6 Å². The van der Waals surface area contributed by atoms with Crippen molar-refractivity contribution in [2.45, 2.75) is 91.9 Å². The molecule has 0 amide bonds. The first-order chi connectivity index (χ1) is 14.8. The maximum absolute atomic E-state index is 12.9. The van der Waals surface area contributed by atoms with Crippen LogP contribution in [0, 0.1) is 13.8 Å². The van der Waals surface area contributed by atoms with Gasteiger partial charge in [0, 0.05) is 0 Å². The molecular formula is C26H37O4P. The van der Waals surface area contributed by atoms with Gasteiger partial charge in [0.05, 0.1) is 0 Å². The Balaban J connectivity index is 1.95. The fourth-order valence-corrected chi connectivity index (χ4v) is 5.48. The molecule has 0 spiro atoms. The molecular weight excluding hydrogens is 407 g/mol. The molecule has 4 nitrogen and oxygen atoms in total. The number of phosphoric acid groups is 1. The van der Waals surface area contributed by atoms with E-state index in [2.05, 4.69) is 38.1 Å². The van der Waals surface area contributed by atoms with Crippen molar-refractivity contribution in [3.8, 4) is 11.5 Å². The highest BCUT2D eigenvalue weighted by Gasteiger charge is 2.31. The number of rotatable bonds is 8. The minimum absolute atomic E-state index is 0.499. The average Bonchev–Trinajstić information content (AvgIpc) is 2.76. The second kappa shape index (κ2) is 10.7. The van der Waals surface area contributed by atoms with Gasteiger partial charge in [0.15, 0.2) is 0 Å². The fourth-order valence-electron chi connectivity index (χ4n) is 4.45. The Morgan fingerprint density at radius 2 is 1.19 bits per heavy atom. The van der Waals surface area contributed by atoms with Crippen LogP contribution in [0.25, 0.3) is 0 Å². The molecule has 0 saturated carbocycles. The molecule has 1 aliphatic rings. The molecule has 0 saturated heterocycles. The summed E-state index contributed by atoms with van der Waals surface area (Å²) < 4.78 is 24.1. The van der Waals surface area contributed by atoms with E-state index in [1.165, 1.54) is 36.8 Å². The molecule has 2 aromatic rings. The van der Waals surface area contributed by atoms with Crippen LogP contribution in [0.1, 0.15) is 85.8 Å². The van der Waals surface area contributed by atoms with Crippen LogP contribution in [0.15, 0.2) is 24.3 Å². The third kappa shape index (κ3) is 6.37. The van der Waals surface area contributed by atoms with Crippen molar-refractivity contribution in [1.29, 1.82) is 0 Å². The summed E-state index contributed by atoms with van der Waals surface area (Å²) in [6.07, 6.45) is 10.7. The lowest BCUT2D eigenvalue weighted by molar-refractivity contribution is 0.289. The molecule has 0 fully saturated rings. The summed E-state index contributed by atoms with van der Waals surface area (Å²) in [5.41, 5.74) is 6.31. The predicted molar refractivity (Wildman–Crippen MR) is 127 cm³/mol. The van der Waals surface area contributed by atoms with Gasteiger partial charge in [-0.05, 0) is 85.8 Å². The van der Waals surface area contributed by atoms with Crippen molar-refractivity contribution in [3.63, 3.8) is 0 Å². The Hall–Kier alpha value is -1.77. The van der Waals surface area contributed by atoms with Gasteiger partial charge in [0.2, 0.25) is 0 Å². The van der Waals surface area contributed by atoms with Gasteiger partial charge >= 0.3 is 7.82 Å². The molecule has 0 aromatic heterocycles. The van der Waals surface area contributed by atoms with Crippen molar-refractivity contribution in [2.24, 2.45) is 0 Å². The average molecular weight is 445 g/mol. The van der Waals surface area contributed by atoms with E-state index in [4.69, 9.17) is 9.05 Å². The second-order valence-corrected chi connectivity index (χ2v) is 10.2. The van der Waals surface area contributed by atoms with Crippen LogP contribution in [0.5, 0.6) is 11.5 Å². The molecule has 2 aromatic carbocycles. The molecule has 3 rings (SSSR count). The number of hydrogen-bond acceptors (Lipinski definition) is 3. The molecule has 1 aliphatic heterocycles. The highest BCUT2D eigenvalue weighted by atomic mass is 31.2. The van der Waals surface area contributed by atoms with Gasteiger partial charge < -0.3 is 9.05 Å². The van der Waals surface area contributed by atoms with E-state index in [0.717, 1.165) is 60.8 Å². The lowest BCUT2D eigenvalue weighted by Crippen LogP contribution is -2.04. The Morgan fingerprint density at radius 1 is 0.774 bits per heavy atom. The summed E-state index contributed by atoms with van der Waals surface area (Å²) in [7, 11) is -4.29. The minimum atomic E-state index is -4.29. The van der Waals surface area contributed by atoms with Gasteiger partial charge in [0.1, 0.15) is 11.5 Å². The fraction of sp³-hybridized carbons (Fsp3) is 0.538. The van der Waals surface area contributed by atoms with E-state index in [0.29, 0.717) is 11.5 Å². The first-order valence-electron chi connectivity index (χ1n) is 11.8. The SMILES string of the molecule is CCCCCc1cc(C)c2c(c1)CCc1cc(CCCCC)cc(C)c1OP(=O)(O)O2. The van der Waals surface area contributed by atoms with Gasteiger partial charge in [-0.15, -0.1) is 0 Å². The molecule has 1 heterocycles. The summed E-state index contributed by atoms with van der Waals surface area (Å²) in [5.74, 6) is 0.998. The van der Waals surface area contributed by atoms with Crippen LogP contribution in [-0.4, -0.2) is 4.89 Å². The highest BCUT2D eigenvalue weighted by molar-refractivity contribution is 7.48. The summed E-state index contributed by atoms with van der Waals surface area (Å²) in [6, 6.07) is 8.47. The van der Waals surface area contributed by atoms with Crippen molar-refractivity contribution in [2.75, 3.05) is 0 Å². The topological polar surface area (TPSA) is 55.8 Å². The quantitative estimate of drug-likeness (QED) is 0.340. The first-order valence-corrected chi connectivity index (χ1v) is 13.3. The van der Waals surface area contributed by atoms with Gasteiger partial charge in [-0.1, -0.05) is 63.8 Å². The lowest BCUT2D eigenvalue weighted by Gasteiger charge is -2.19. The zero-order chi connectivity index (χ0) is 22.4. The smallest absolute Gasteiger partial charge is 0.395 e. The van der Waals surface area contributed by atoms with Crippen LogP contribution < -0.4 is 9.05 Å². The number of benzene rings is 2. The van der Waals surface area contributed by atoms with Gasteiger partial charge in [-0.3, -0.25) is 4.89 Å². The van der Waals surface area contributed by atoms with Crippen molar-refractivity contribution in [1.82, 2.24) is 0 Å². The lowest BCUT2D eigenvalue weighted by atomic mass is 9.94. The van der Waals surface area contributed by atoms with Gasteiger partial charge in [0.25, 0.3) is 0 Å². The molecule has 170 valence electrons. The number of hydrogen-bond donors (Lipinski definition) is 1. The van der Waals surface area contributed by atoms with E-state index >= 15 is 0 Å². The molecule has 0 aliphatic carbocycles. The molecule has 1 N–H and O–H groups in total. The van der Waals surface area contributed by atoms with E-state index in [1.807, 2.05) is 13.8 Å². The van der Waals surface area contributed by atoms with E-state index < -0.39 is 7.82 Å². The number of aryl methyl sites for hydroxylation is 6.